The third-order valence-electron chi connectivity index (χ3n) is 2.39. The minimum Gasteiger partial charge on any atom is -0.481 e. The first-order valence-electron chi connectivity index (χ1n) is 5.76. The van der Waals surface area contributed by atoms with Gasteiger partial charge < -0.3 is 20.5 Å². The summed E-state index contributed by atoms with van der Waals surface area (Å²) in [6.45, 7) is 0.214. The molecule has 0 spiro atoms. The second-order valence-electron chi connectivity index (χ2n) is 3.83. The number of methoxy groups -OCH3 is 1. The Labute approximate surface area is 116 Å². The van der Waals surface area contributed by atoms with Crippen LogP contribution in [0.3, 0.4) is 0 Å². The lowest BCUT2D eigenvalue weighted by molar-refractivity contribution is -0.139. The van der Waals surface area contributed by atoms with E-state index in [1.807, 2.05) is 0 Å². The van der Waals surface area contributed by atoms with Crippen LogP contribution >= 0.6 is 0 Å². The number of carbonyl (C=O) groups excluding carboxylic acids is 1. The Morgan fingerprint density at radius 3 is 2.80 bits per heavy atom. The van der Waals surface area contributed by atoms with Crippen LogP contribution in [-0.2, 0) is 11.3 Å². The van der Waals surface area contributed by atoms with Gasteiger partial charge in [-0.15, -0.1) is 12.3 Å². The molecule has 7 nitrogen and oxygen atoms in total. The molecule has 0 fully saturated rings. The van der Waals surface area contributed by atoms with Crippen molar-refractivity contribution in [2.45, 2.75) is 19.0 Å². The Morgan fingerprint density at radius 1 is 1.55 bits per heavy atom. The molecule has 3 N–H and O–H groups in total. The monoisotopic (exact) mass is 277 g/mol. The van der Waals surface area contributed by atoms with E-state index in [9.17, 15) is 9.59 Å². The third kappa shape index (κ3) is 4.86. The first-order chi connectivity index (χ1) is 9.56. The van der Waals surface area contributed by atoms with Crippen LogP contribution in [0.5, 0.6) is 5.88 Å². The van der Waals surface area contributed by atoms with Crippen molar-refractivity contribution in [3.63, 3.8) is 0 Å². The summed E-state index contributed by atoms with van der Waals surface area (Å²) in [7, 11) is 1.51. The molecule has 0 saturated heterocycles. The highest BCUT2D eigenvalue weighted by Crippen LogP contribution is 2.06. The second kappa shape index (κ2) is 7.63. The van der Waals surface area contributed by atoms with Gasteiger partial charge in [-0.1, -0.05) is 6.07 Å². The smallest absolute Gasteiger partial charge is 0.327 e. The Balaban J connectivity index is 2.46. The molecule has 0 saturated carbocycles. The molecular formula is C13H15N3O4. The number of pyridine rings is 1. The number of hydrogen-bond acceptors (Lipinski definition) is 4. The van der Waals surface area contributed by atoms with Gasteiger partial charge in [0.25, 0.3) is 0 Å². The molecule has 1 unspecified atom stereocenters. The van der Waals surface area contributed by atoms with Gasteiger partial charge in [-0.05, 0) is 5.56 Å². The fourth-order valence-electron chi connectivity index (χ4n) is 1.35. The molecule has 2 amide bonds. The standard InChI is InChI=1S/C13H15N3O4/c1-3-4-10(12(17)18)16-13(19)15-8-9-5-6-11(20-2)14-7-9/h1,5-7,10H,4,8H2,2H3,(H,17,18)(H2,15,16,19). The number of carboxylic acids is 1. The average molecular weight is 277 g/mol. The molecule has 0 bridgehead atoms. The number of ether oxygens (including phenoxy) is 1. The van der Waals surface area contributed by atoms with Crippen molar-refractivity contribution >= 4 is 12.0 Å². The third-order valence-corrected chi connectivity index (χ3v) is 2.39. The van der Waals surface area contributed by atoms with E-state index in [4.69, 9.17) is 16.3 Å². The predicted octanol–water partition coefficient (Wildman–Crippen LogP) is 0.366. The van der Waals surface area contributed by atoms with Gasteiger partial charge in [0.2, 0.25) is 5.88 Å². The van der Waals surface area contributed by atoms with E-state index in [1.165, 1.54) is 7.11 Å². The maximum Gasteiger partial charge on any atom is 0.327 e. The summed E-state index contributed by atoms with van der Waals surface area (Å²) in [5.41, 5.74) is 0.754. The number of rotatable bonds is 6. The average Bonchev–Trinajstić information content (AvgIpc) is 2.45. The lowest BCUT2D eigenvalue weighted by Crippen LogP contribution is -2.45. The molecule has 0 aromatic carbocycles. The number of nitrogens with zero attached hydrogens (tertiary/aromatic N) is 1. The number of urea groups is 1. The number of aromatic nitrogens is 1. The van der Waals surface area contributed by atoms with E-state index in [0.29, 0.717) is 5.88 Å². The van der Waals surface area contributed by atoms with Crippen molar-refractivity contribution in [3.05, 3.63) is 23.9 Å². The lowest BCUT2D eigenvalue weighted by Gasteiger charge is -2.12. The van der Waals surface area contributed by atoms with Gasteiger partial charge in [-0.25, -0.2) is 14.6 Å². The van der Waals surface area contributed by atoms with E-state index in [2.05, 4.69) is 21.5 Å². The SMILES string of the molecule is C#CCC(NC(=O)NCc1ccc(OC)nc1)C(=O)O. The summed E-state index contributed by atoms with van der Waals surface area (Å²) < 4.78 is 4.91. The molecule has 0 aliphatic heterocycles. The van der Waals surface area contributed by atoms with E-state index in [0.717, 1.165) is 5.56 Å². The maximum absolute atomic E-state index is 11.5. The number of terminal acetylenes is 1. The Bertz CT molecular complexity index is 507. The van der Waals surface area contributed by atoms with Crippen LogP contribution in [0.25, 0.3) is 0 Å². The normalized spacial score (nSPS) is 11.0. The molecule has 1 rings (SSSR count). The first kappa shape index (κ1) is 15.3. The van der Waals surface area contributed by atoms with Crippen molar-refractivity contribution < 1.29 is 19.4 Å². The second-order valence-corrected chi connectivity index (χ2v) is 3.83. The van der Waals surface area contributed by atoms with Gasteiger partial charge in [0, 0.05) is 25.2 Å². The van der Waals surface area contributed by atoms with Crippen LogP contribution in [-0.4, -0.2) is 35.2 Å². The van der Waals surface area contributed by atoms with Gasteiger partial charge in [0.15, 0.2) is 0 Å². The zero-order valence-corrected chi connectivity index (χ0v) is 10.9. The molecule has 7 heteroatoms. The van der Waals surface area contributed by atoms with Crippen LogP contribution in [0.1, 0.15) is 12.0 Å². The van der Waals surface area contributed by atoms with Crippen molar-refractivity contribution in [1.29, 1.82) is 0 Å². The molecular weight excluding hydrogens is 262 g/mol. The Kier molecular flexibility index (Phi) is 5.84. The molecule has 0 aliphatic rings. The number of hydrogen-bond donors (Lipinski definition) is 3. The van der Waals surface area contributed by atoms with E-state index >= 15 is 0 Å². The van der Waals surface area contributed by atoms with Crippen LogP contribution in [0.15, 0.2) is 18.3 Å². The zero-order valence-electron chi connectivity index (χ0n) is 10.9. The van der Waals surface area contributed by atoms with Gasteiger partial charge in [-0.2, -0.15) is 0 Å². The number of aliphatic carboxylic acids is 1. The van der Waals surface area contributed by atoms with Crippen molar-refractivity contribution in [2.24, 2.45) is 0 Å². The molecule has 0 aliphatic carbocycles. The predicted molar refractivity (Wildman–Crippen MR) is 71.0 cm³/mol. The quantitative estimate of drug-likeness (QED) is 0.652. The zero-order chi connectivity index (χ0) is 15.0. The van der Waals surface area contributed by atoms with E-state index in [1.54, 1.807) is 18.3 Å². The fourth-order valence-corrected chi connectivity index (χ4v) is 1.35. The van der Waals surface area contributed by atoms with Crippen LogP contribution in [0.2, 0.25) is 0 Å². The number of amides is 2. The first-order valence-corrected chi connectivity index (χ1v) is 5.76. The van der Waals surface area contributed by atoms with E-state index in [-0.39, 0.29) is 13.0 Å². The molecule has 0 radical (unpaired) electrons. The topological polar surface area (TPSA) is 101 Å². The minimum atomic E-state index is -1.18. The Hall–Kier alpha value is -2.75. The van der Waals surface area contributed by atoms with Crippen LogP contribution < -0.4 is 15.4 Å². The maximum atomic E-state index is 11.5. The summed E-state index contributed by atoms with van der Waals surface area (Å²) in [5, 5.41) is 13.6. The van der Waals surface area contributed by atoms with Gasteiger partial charge >= 0.3 is 12.0 Å². The van der Waals surface area contributed by atoms with Crippen molar-refractivity contribution in [2.75, 3.05) is 7.11 Å². The minimum absolute atomic E-state index is 0.0765. The highest BCUT2D eigenvalue weighted by molar-refractivity contribution is 5.82. The lowest BCUT2D eigenvalue weighted by atomic mass is 10.2. The molecule has 1 atom stereocenters. The fraction of sp³-hybridized carbons (Fsp3) is 0.308. The number of carbonyl (C=O) groups is 2. The van der Waals surface area contributed by atoms with Gasteiger partial charge in [0.1, 0.15) is 6.04 Å². The van der Waals surface area contributed by atoms with E-state index < -0.39 is 18.0 Å². The van der Waals surface area contributed by atoms with Crippen LogP contribution in [0, 0.1) is 12.3 Å². The summed E-state index contributed by atoms with van der Waals surface area (Å²) in [6, 6.07) is 1.69. The molecule has 1 aromatic rings. The Morgan fingerprint density at radius 2 is 2.30 bits per heavy atom. The molecule has 1 heterocycles. The number of nitrogens with one attached hydrogen (secondary N) is 2. The summed E-state index contributed by atoms with van der Waals surface area (Å²) in [5.74, 6) is 1.49. The van der Waals surface area contributed by atoms with Crippen LogP contribution in [0.4, 0.5) is 4.79 Å². The number of carboxylic acid groups (broad SMARTS) is 1. The molecule has 106 valence electrons. The van der Waals surface area contributed by atoms with Gasteiger partial charge in [0.05, 0.1) is 7.11 Å². The highest BCUT2D eigenvalue weighted by atomic mass is 16.5. The summed E-state index contributed by atoms with van der Waals surface area (Å²) >= 11 is 0. The van der Waals surface area contributed by atoms with Crippen molar-refractivity contribution in [1.82, 2.24) is 15.6 Å². The summed E-state index contributed by atoms with van der Waals surface area (Å²) in [4.78, 5) is 26.3. The highest BCUT2D eigenvalue weighted by Gasteiger charge is 2.18. The summed E-state index contributed by atoms with van der Waals surface area (Å²) in [6.07, 6.45) is 6.50. The van der Waals surface area contributed by atoms with Gasteiger partial charge in [-0.3, -0.25) is 0 Å². The molecule has 1 aromatic heterocycles. The largest absolute Gasteiger partial charge is 0.481 e. The molecule has 20 heavy (non-hydrogen) atoms. The van der Waals surface area contributed by atoms with Crippen molar-refractivity contribution in [3.8, 4) is 18.2 Å².